The van der Waals surface area contributed by atoms with Gasteiger partial charge >= 0.3 is 0 Å². The lowest BCUT2D eigenvalue weighted by Crippen LogP contribution is -2.29. The van der Waals surface area contributed by atoms with Crippen molar-refractivity contribution >= 4 is 21.6 Å². The van der Waals surface area contributed by atoms with Crippen LogP contribution in [0.2, 0.25) is 0 Å². The van der Waals surface area contributed by atoms with Crippen LogP contribution in [0.3, 0.4) is 0 Å². The van der Waals surface area contributed by atoms with Crippen LogP contribution < -0.4 is 10.1 Å². The minimum Gasteiger partial charge on any atom is -0.273 e. The zero-order valence-electron chi connectivity index (χ0n) is 15.7. The van der Waals surface area contributed by atoms with Crippen molar-refractivity contribution < 1.29 is 13.2 Å². The maximum absolute atomic E-state index is 12.2. The van der Waals surface area contributed by atoms with Crippen molar-refractivity contribution in [3.05, 3.63) is 102 Å². The predicted molar refractivity (Wildman–Crippen MR) is 113 cm³/mol. The Bertz CT molecular complexity index is 1030. The molecule has 3 rings (SSSR count). The van der Waals surface area contributed by atoms with Crippen molar-refractivity contribution in [3.8, 4) is 0 Å². The Morgan fingerprint density at radius 3 is 1.76 bits per heavy atom. The number of rotatable bonds is 8. The second-order valence-corrected chi connectivity index (χ2v) is 7.96. The Morgan fingerprint density at radius 2 is 1.24 bits per heavy atom. The van der Waals surface area contributed by atoms with Crippen LogP contribution in [0.5, 0.6) is 0 Å². The number of nitrogens with one attached hydrogen (secondary N) is 2. The van der Waals surface area contributed by atoms with E-state index in [0.29, 0.717) is 5.71 Å². The largest absolute Gasteiger partial charge is 0.273 e. The molecule has 3 aromatic carbocycles. The van der Waals surface area contributed by atoms with E-state index in [1.807, 2.05) is 60.7 Å². The molecule has 0 aliphatic carbocycles. The lowest BCUT2D eigenvalue weighted by atomic mass is 10.0. The van der Waals surface area contributed by atoms with Gasteiger partial charge < -0.3 is 0 Å². The highest BCUT2D eigenvalue weighted by Crippen LogP contribution is 2.10. The number of hydrazone groups is 1. The molecule has 0 atom stereocenters. The van der Waals surface area contributed by atoms with Gasteiger partial charge in [0.05, 0.1) is 10.6 Å². The summed E-state index contributed by atoms with van der Waals surface area (Å²) in [5, 5.41) is 4.28. The third-order valence-electron chi connectivity index (χ3n) is 4.08. The first kappa shape index (κ1) is 20.4. The zero-order chi connectivity index (χ0) is 20.5. The zero-order valence-corrected chi connectivity index (χ0v) is 16.5. The van der Waals surface area contributed by atoms with E-state index in [-0.39, 0.29) is 23.8 Å². The topological polar surface area (TPSA) is 87.6 Å². The van der Waals surface area contributed by atoms with E-state index in [4.69, 9.17) is 0 Å². The molecule has 6 nitrogen and oxygen atoms in total. The monoisotopic (exact) mass is 407 g/mol. The molecular weight excluding hydrogens is 386 g/mol. The average Bonchev–Trinajstić information content (AvgIpc) is 2.76. The van der Waals surface area contributed by atoms with E-state index in [1.54, 1.807) is 18.2 Å². The SMILES string of the molecule is O=C(CCNS(=O)(=O)c1ccccc1)NN=C(c1ccccc1)c1ccccc1. The molecular formula is C22H21N3O3S. The van der Waals surface area contributed by atoms with E-state index in [2.05, 4.69) is 15.2 Å². The van der Waals surface area contributed by atoms with Gasteiger partial charge in [-0.05, 0) is 12.1 Å². The fourth-order valence-corrected chi connectivity index (χ4v) is 3.70. The van der Waals surface area contributed by atoms with Crippen LogP contribution >= 0.6 is 0 Å². The summed E-state index contributed by atoms with van der Waals surface area (Å²) in [4.78, 5) is 12.3. The minimum absolute atomic E-state index is 0.0232. The minimum atomic E-state index is -3.64. The summed E-state index contributed by atoms with van der Waals surface area (Å²) in [6.45, 7) is -0.0232. The van der Waals surface area contributed by atoms with Crippen molar-refractivity contribution in [2.45, 2.75) is 11.3 Å². The molecule has 0 spiro atoms. The van der Waals surface area contributed by atoms with Crippen LogP contribution in [0.25, 0.3) is 0 Å². The van der Waals surface area contributed by atoms with Crippen LogP contribution in [-0.4, -0.2) is 26.6 Å². The number of amides is 1. The first-order valence-electron chi connectivity index (χ1n) is 9.08. The first-order valence-corrected chi connectivity index (χ1v) is 10.6. The number of benzene rings is 3. The fraction of sp³-hybridized carbons (Fsp3) is 0.0909. The Morgan fingerprint density at radius 1 is 0.759 bits per heavy atom. The predicted octanol–water partition coefficient (Wildman–Crippen LogP) is 2.92. The van der Waals surface area contributed by atoms with E-state index in [1.165, 1.54) is 12.1 Å². The van der Waals surface area contributed by atoms with Crippen molar-refractivity contribution in [1.82, 2.24) is 10.1 Å². The summed E-state index contributed by atoms with van der Waals surface area (Å²) < 4.78 is 26.8. The molecule has 0 heterocycles. The maximum Gasteiger partial charge on any atom is 0.241 e. The number of sulfonamides is 1. The van der Waals surface area contributed by atoms with Gasteiger partial charge in [0.15, 0.2) is 0 Å². The molecule has 29 heavy (non-hydrogen) atoms. The van der Waals surface area contributed by atoms with Crippen LogP contribution in [-0.2, 0) is 14.8 Å². The van der Waals surface area contributed by atoms with Gasteiger partial charge in [0.2, 0.25) is 15.9 Å². The number of nitrogens with zero attached hydrogens (tertiary/aromatic N) is 1. The molecule has 7 heteroatoms. The van der Waals surface area contributed by atoms with Gasteiger partial charge in [-0.2, -0.15) is 5.10 Å². The second-order valence-electron chi connectivity index (χ2n) is 6.19. The summed E-state index contributed by atoms with van der Waals surface area (Å²) >= 11 is 0. The van der Waals surface area contributed by atoms with Crippen LogP contribution in [0.4, 0.5) is 0 Å². The summed E-state index contributed by atoms with van der Waals surface area (Å²) in [5.74, 6) is -0.384. The highest BCUT2D eigenvalue weighted by molar-refractivity contribution is 7.89. The number of hydrogen-bond donors (Lipinski definition) is 2. The van der Waals surface area contributed by atoms with Crippen LogP contribution in [0, 0.1) is 0 Å². The number of hydrogen-bond acceptors (Lipinski definition) is 4. The van der Waals surface area contributed by atoms with Gasteiger partial charge in [-0.25, -0.2) is 18.6 Å². The third-order valence-corrected chi connectivity index (χ3v) is 5.56. The summed E-state index contributed by atoms with van der Waals surface area (Å²) in [6, 6.07) is 27.1. The van der Waals surface area contributed by atoms with Crippen LogP contribution in [0.15, 0.2) is 101 Å². The summed E-state index contributed by atoms with van der Waals surface area (Å²) in [7, 11) is -3.64. The van der Waals surface area contributed by atoms with Gasteiger partial charge in [0, 0.05) is 24.1 Å². The van der Waals surface area contributed by atoms with Crippen molar-refractivity contribution in [1.29, 1.82) is 0 Å². The van der Waals surface area contributed by atoms with Gasteiger partial charge in [-0.3, -0.25) is 4.79 Å². The molecule has 0 fully saturated rings. The maximum atomic E-state index is 12.2. The van der Waals surface area contributed by atoms with E-state index >= 15 is 0 Å². The lowest BCUT2D eigenvalue weighted by Gasteiger charge is -2.09. The summed E-state index contributed by atoms with van der Waals surface area (Å²) in [5.41, 5.74) is 4.88. The van der Waals surface area contributed by atoms with Gasteiger partial charge in [0.1, 0.15) is 0 Å². The summed E-state index contributed by atoms with van der Waals surface area (Å²) in [6.07, 6.45) is -0.0353. The molecule has 3 aromatic rings. The fourth-order valence-electron chi connectivity index (χ4n) is 2.64. The highest BCUT2D eigenvalue weighted by atomic mass is 32.2. The van der Waals surface area contributed by atoms with Crippen molar-refractivity contribution in [3.63, 3.8) is 0 Å². The Labute approximate surface area is 170 Å². The Balaban J connectivity index is 1.63. The molecule has 0 radical (unpaired) electrons. The van der Waals surface area contributed by atoms with E-state index in [9.17, 15) is 13.2 Å². The molecule has 1 amide bonds. The van der Waals surface area contributed by atoms with Gasteiger partial charge in [-0.15, -0.1) is 0 Å². The van der Waals surface area contributed by atoms with Gasteiger partial charge in [0.25, 0.3) is 0 Å². The molecule has 0 saturated carbocycles. The molecule has 0 aliphatic rings. The van der Waals surface area contributed by atoms with E-state index in [0.717, 1.165) is 11.1 Å². The molecule has 0 unspecified atom stereocenters. The van der Waals surface area contributed by atoms with Crippen LogP contribution in [0.1, 0.15) is 17.5 Å². The lowest BCUT2D eigenvalue weighted by molar-refractivity contribution is -0.120. The standard InChI is InChI=1S/C22H21N3O3S/c26-21(16-17-23-29(27,28)20-14-8-3-9-15-20)24-25-22(18-10-4-1-5-11-18)19-12-6-2-7-13-19/h1-15,23H,16-17H2,(H,24,26). The van der Waals surface area contributed by atoms with Gasteiger partial charge in [-0.1, -0.05) is 78.9 Å². The molecule has 0 aromatic heterocycles. The van der Waals surface area contributed by atoms with E-state index < -0.39 is 10.0 Å². The van der Waals surface area contributed by atoms with Crippen molar-refractivity contribution in [2.75, 3.05) is 6.54 Å². The molecule has 148 valence electrons. The molecule has 2 N–H and O–H groups in total. The first-order chi connectivity index (χ1) is 14.1. The molecule has 0 aliphatic heterocycles. The molecule has 0 saturated heterocycles. The normalized spacial score (nSPS) is 10.9. The molecule has 0 bridgehead atoms. The number of carbonyl (C=O) groups is 1. The Kier molecular flexibility index (Phi) is 6.89. The van der Waals surface area contributed by atoms with Crippen molar-refractivity contribution in [2.24, 2.45) is 5.10 Å². The smallest absolute Gasteiger partial charge is 0.241 e. The number of carbonyl (C=O) groups excluding carboxylic acids is 1. The third kappa shape index (κ3) is 5.84. The quantitative estimate of drug-likeness (QED) is 0.445. The second kappa shape index (κ2) is 9.77. The Hall–Kier alpha value is -3.29. The highest BCUT2D eigenvalue weighted by Gasteiger charge is 2.13. The average molecular weight is 407 g/mol.